The van der Waals surface area contributed by atoms with Crippen molar-refractivity contribution in [1.29, 1.82) is 0 Å². The number of ether oxygens (including phenoxy) is 2. The van der Waals surface area contributed by atoms with Gasteiger partial charge in [0.25, 0.3) is 0 Å². The topological polar surface area (TPSA) is 41.9 Å². The fourth-order valence-electron chi connectivity index (χ4n) is 3.19. The molecule has 1 fully saturated rings. The second kappa shape index (κ2) is 5.62. The Kier molecular flexibility index (Phi) is 3.85. The molecule has 110 valence electrons. The second-order valence-corrected chi connectivity index (χ2v) is 6.22. The maximum atomic E-state index is 9.55. The summed E-state index contributed by atoms with van der Waals surface area (Å²) in [5.41, 5.74) is 1.22. The number of likely N-dealkylation sites (tertiary alicyclic amines) is 1. The molecular weight excluding hydrogens is 254 g/mol. The van der Waals surface area contributed by atoms with E-state index in [0.717, 1.165) is 44.0 Å². The summed E-state index contributed by atoms with van der Waals surface area (Å²) in [4.78, 5) is 2.41. The summed E-state index contributed by atoms with van der Waals surface area (Å²) in [6, 6.07) is 6.10. The van der Waals surface area contributed by atoms with Crippen LogP contribution in [0.5, 0.6) is 11.5 Å². The summed E-state index contributed by atoms with van der Waals surface area (Å²) in [5, 5.41) is 9.55. The highest BCUT2D eigenvalue weighted by molar-refractivity contribution is 5.47. The Morgan fingerprint density at radius 2 is 2.15 bits per heavy atom. The number of benzene rings is 1. The van der Waals surface area contributed by atoms with Gasteiger partial charge in [-0.3, -0.25) is 4.90 Å². The summed E-state index contributed by atoms with van der Waals surface area (Å²) in [7, 11) is 0. The van der Waals surface area contributed by atoms with Crippen LogP contribution < -0.4 is 9.47 Å². The Morgan fingerprint density at radius 1 is 1.30 bits per heavy atom. The van der Waals surface area contributed by atoms with Crippen LogP contribution in [-0.2, 0) is 6.54 Å². The molecule has 1 atom stereocenters. The summed E-state index contributed by atoms with van der Waals surface area (Å²) < 4.78 is 11.4. The van der Waals surface area contributed by atoms with E-state index in [1.807, 2.05) is 12.1 Å². The number of piperidine rings is 1. The third-order valence-electron chi connectivity index (χ3n) is 4.28. The fourth-order valence-corrected chi connectivity index (χ4v) is 3.19. The van der Waals surface area contributed by atoms with Crippen LogP contribution in [0.2, 0.25) is 0 Å². The number of aliphatic hydroxyl groups excluding tert-OH is 1. The van der Waals surface area contributed by atoms with Crippen molar-refractivity contribution in [1.82, 2.24) is 4.90 Å². The van der Waals surface area contributed by atoms with Crippen molar-refractivity contribution in [3.05, 3.63) is 23.8 Å². The zero-order valence-corrected chi connectivity index (χ0v) is 12.1. The van der Waals surface area contributed by atoms with Crippen molar-refractivity contribution in [2.75, 3.05) is 32.9 Å². The Hall–Kier alpha value is -1.26. The van der Waals surface area contributed by atoms with Gasteiger partial charge in [-0.2, -0.15) is 0 Å². The van der Waals surface area contributed by atoms with Crippen LogP contribution in [0.3, 0.4) is 0 Å². The van der Waals surface area contributed by atoms with Crippen LogP contribution >= 0.6 is 0 Å². The Balaban J connectivity index is 1.75. The van der Waals surface area contributed by atoms with E-state index in [1.54, 1.807) is 0 Å². The molecule has 4 heteroatoms. The van der Waals surface area contributed by atoms with Crippen molar-refractivity contribution in [3.63, 3.8) is 0 Å². The minimum atomic E-state index is 0.0322. The van der Waals surface area contributed by atoms with Gasteiger partial charge in [-0.1, -0.05) is 19.1 Å². The fraction of sp³-hybridized carbons (Fsp3) is 0.625. The highest BCUT2D eigenvalue weighted by atomic mass is 16.6. The van der Waals surface area contributed by atoms with Gasteiger partial charge in [-0.05, 0) is 25.5 Å². The van der Waals surface area contributed by atoms with Crippen molar-refractivity contribution in [3.8, 4) is 11.5 Å². The number of hydrogen-bond acceptors (Lipinski definition) is 4. The lowest BCUT2D eigenvalue weighted by Gasteiger charge is -2.39. The van der Waals surface area contributed by atoms with Gasteiger partial charge in [0.1, 0.15) is 13.2 Å². The Morgan fingerprint density at radius 3 is 3.00 bits per heavy atom. The molecule has 0 spiro atoms. The first-order valence-electron chi connectivity index (χ1n) is 7.41. The van der Waals surface area contributed by atoms with Crippen molar-refractivity contribution < 1.29 is 14.6 Å². The molecule has 0 amide bonds. The van der Waals surface area contributed by atoms with E-state index in [4.69, 9.17) is 9.47 Å². The van der Waals surface area contributed by atoms with E-state index in [0.29, 0.717) is 13.2 Å². The molecule has 0 aliphatic carbocycles. The Labute approximate surface area is 120 Å². The predicted molar refractivity (Wildman–Crippen MR) is 77.1 cm³/mol. The Bertz CT molecular complexity index is 477. The minimum Gasteiger partial charge on any atom is -0.486 e. The average molecular weight is 277 g/mol. The molecule has 3 rings (SSSR count). The van der Waals surface area contributed by atoms with Crippen LogP contribution in [-0.4, -0.2) is 42.9 Å². The summed E-state index contributed by atoms with van der Waals surface area (Å²) in [6.45, 7) is 6.56. The van der Waals surface area contributed by atoms with Gasteiger partial charge in [0.2, 0.25) is 0 Å². The molecule has 0 bridgehead atoms. The maximum absolute atomic E-state index is 9.55. The molecular formula is C16H23NO3. The van der Waals surface area contributed by atoms with Gasteiger partial charge in [-0.25, -0.2) is 0 Å². The van der Waals surface area contributed by atoms with Crippen molar-refractivity contribution in [2.45, 2.75) is 26.3 Å². The van der Waals surface area contributed by atoms with Gasteiger partial charge in [0.15, 0.2) is 11.5 Å². The molecule has 2 aliphatic heterocycles. The van der Waals surface area contributed by atoms with E-state index in [-0.39, 0.29) is 12.0 Å². The number of nitrogens with zero attached hydrogens (tertiary/aromatic N) is 1. The molecule has 0 aromatic heterocycles. The summed E-state index contributed by atoms with van der Waals surface area (Å²) in [6.07, 6.45) is 2.25. The minimum absolute atomic E-state index is 0.0322. The molecule has 1 unspecified atom stereocenters. The number of fused-ring (bicyclic) bond motifs is 1. The van der Waals surface area contributed by atoms with Crippen molar-refractivity contribution >= 4 is 0 Å². The largest absolute Gasteiger partial charge is 0.486 e. The zero-order chi connectivity index (χ0) is 14.0. The van der Waals surface area contributed by atoms with Crippen LogP contribution in [0.25, 0.3) is 0 Å². The lowest BCUT2D eigenvalue weighted by atomic mass is 9.82. The first-order valence-corrected chi connectivity index (χ1v) is 7.41. The first-order chi connectivity index (χ1) is 9.70. The smallest absolute Gasteiger partial charge is 0.165 e. The second-order valence-electron chi connectivity index (χ2n) is 6.22. The zero-order valence-electron chi connectivity index (χ0n) is 12.1. The molecule has 1 saturated heterocycles. The van der Waals surface area contributed by atoms with Gasteiger partial charge < -0.3 is 14.6 Å². The molecule has 4 nitrogen and oxygen atoms in total. The lowest BCUT2D eigenvalue weighted by Crippen LogP contribution is -2.43. The molecule has 1 N–H and O–H groups in total. The van der Waals surface area contributed by atoms with E-state index in [1.165, 1.54) is 5.56 Å². The molecule has 1 aromatic rings. The number of hydrogen-bond donors (Lipinski definition) is 1. The summed E-state index contributed by atoms with van der Waals surface area (Å²) >= 11 is 0. The van der Waals surface area contributed by atoms with E-state index in [9.17, 15) is 5.11 Å². The van der Waals surface area contributed by atoms with Gasteiger partial charge >= 0.3 is 0 Å². The van der Waals surface area contributed by atoms with Gasteiger partial charge in [0, 0.05) is 30.7 Å². The molecule has 2 aliphatic rings. The van der Waals surface area contributed by atoms with Gasteiger partial charge in [0.05, 0.1) is 0 Å². The van der Waals surface area contributed by atoms with Crippen LogP contribution in [0.4, 0.5) is 0 Å². The van der Waals surface area contributed by atoms with E-state index in [2.05, 4.69) is 17.9 Å². The quantitative estimate of drug-likeness (QED) is 0.918. The standard InChI is InChI=1S/C16H23NO3/c1-16(12-18)6-3-7-17(11-16)10-13-4-2-5-14-15(13)20-9-8-19-14/h2,4-5,18H,3,6-12H2,1H3. The highest BCUT2D eigenvalue weighted by Crippen LogP contribution is 2.36. The number of aliphatic hydroxyl groups is 1. The predicted octanol–water partition coefficient (Wildman–Crippen LogP) is 2.05. The van der Waals surface area contributed by atoms with Crippen LogP contribution in [0.15, 0.2) is 18.2 Å². The lowest BCUT2D eigenvalue weighted by molar-refractivity contribution is 0.0421. The highest BCUT2D eigenvalue weighted by Gasteiger charge is 2.30. The molecule has 0 saturated carbocycles. The summed E-state index contributed by atoms with van der Waals surface area (Å²) in [5.74, 6) is 1.76. The SMILES string of the molecule is CC1(CO)CCCN(Cc2cccc3c2OCCO3)C1. The van der Waals surface area contributed by atoms with Crippen LogP contribution in [0.1, 0.15) is 25.3 Å². The molecule has 20 heavy (non-hydrogen) atoms. The third-order valence-corrected chi connectivity index (χ3v) is 4.28. The van der Waals surface area contributed by atoms with E-state index >= 15 is 0 Å². The first kappa shape index (κ1) is 13.7. The monoisotopic (exact) mass is 277 g/mol. The molecule has 2 heterocycles. The normalized spacial score (nSPS) is 26.5. The molecule has 1 aromatic carbocycles. The average Bonchev–Trinajstić information content (AvgIpc) is 2.48. The number of para-hydroxylation sites is 1. The van der Waals surface area contributed by atoms with E-state index < -0.39 is 0 Å². The third kappa shape index (κ3) is 2.76. The number of rotatable bonds is 3. The molecule has 0 radical (unpaired) electrons. The van der Waals surface area contributed by atoms with Gasteiger partial charge in [-0.15, -0.1) is 0 Å². The van der Waals surface area contributed by atoms with Crippen molar-refractivity contribution in [2.24, 2.45) is 5.41 Å². The van der Waals surface area contributed by atoms with Crippen LogP contribution in [0, 0.1) is 5.41 Å². The maximum Gasteiger partial charge on any atom is 0.165 e.